The molecule has 2 rings (SSSR count). The highest BCUT2D eigenvalue weighted by atomic mass is 32.2. The third-order valence-electron chi connectivity index (χ3n) is 2.75. The maximum absolute atomic E-state index is 12.0. The second-order valence-electron chi connectivity index (χ2n) is 4.08. The number of hydrogen-bond acceptors (Lipinski definition) is 6. The number of aromatic amines is 1. The zero-order chi connectivity index (χ0) is 15.2. The van der Waals surface area contributed by atoms with Crippen LogP contribution < -0.4 is 5.32 Å². The summed E-state index contributed by atoms with van der Waals surface area (Å²) in [4.78, 5) is 26.9. The smallest absolute Gasteiger partial charge is 0.283 e. The molecule has 0 saturated carbocycles. The number of amides is 1. The van der Waals surface area contributed by atoms with Crippen LogP contribution in [0.4, 0.5) is 5.69 Å². The summed E-state index contributed by atoms with van der Waals surface area (Å²) >= 11 is 1.27. The first-order chi connectivity index (χ1) is 10.1. The Morgan fingerprint density at radius 3 is 2.95 bits per heavy atom. The molecule has 0 bridgehead atoms. The molecular weight excluding hydrogens is 294 g/mol. The van der Waals surface area contributed by atoms with E-state index in [1.807, 2.05) is 0 Å². The quantitative estimate of drug-likeness (QED) is 0.474. The van der Waals surface area contributed by atoms with Crippen LogP contribution in [0.3, 0.4) is 0 Å². The molecule has 0 fully saturated rings. The number of nitro benzene ring substituents is 1. The van der Waals surface area contributed by atoms with E-state index in [9.17, 15) is 14.9 Å². The predicted octanol–water partition coefficient (Wildman–Crippen LogP) is 1.41. The summed E-state index contributed by atoms with van der Waals surface area (Å²) in [5.41, 5.74) is 0.197. The van der Waals surface area contributed by atoms with Gasteiger partial charge >= 0.3 is 0 Å². The normalized spacial score (nSPS) is 10.3. The molecule has 1 aromatic heterocycles. The Labute approximate surface area is 124 Å². The second-order valence-corrected chi connectivity index (χ2v) is 4.93. The standard InChI is InChI=1S/C12H13N5O3S/c1-21-10-3-2-8(6-9(10)17(19)20)12(18)13-5-4-11-14-7-15-16-11/h2-3,6-7H,4-5H2,1H3,(H,13,18)(H,14,15,16). The lowest BCUT2D eigenvalue weighted by Crippen LogP contribution is -2.26. The summed E-state index contributed by atoms with van der Waals surface area (Å²) < 4.78 is 0. The van der Waals surface area contributed by atoms with Crippen LogP contribution in [0.25, 0.3) is 0 Å². The van der Waals surface area contributed by atoms with Gasteiger partial charge in [-0.3, -0.25) is 20.0 Å². The SMILES string of the molecule is CSc1ccc(C(=O)NCCc2ncn[nH]2)cc1[N+](=O)[O-]. The number of benzene rings is 1. The van der Waals surface area contributed by atoms with Gasteiger partial charge in [-0.15, -0.1) is 11.8 Å². The Balaban J connectivity index is 2.01. The fourth-order valence-corrected chi connectivity index (χ4v) is 2.27. The van der Waals surface area contributed by atoms with Crippen LogP contribution in [-0.4, -0.2) is 38.8 Å². The van der Waals surface area contributed by atoms with Crippen molar-refractivity contribution in [3.8, 4) is 0 Å². The molecule has 0 aliphatic heterocycles. The minimum Gasteiger partial charge on any atom is -0.352 e. The molecule has 0 atom stereocenters. The van der Waals surface area contributed by atoms with Gasteiger partial charge < -0.3 is 5.32 Å². The molecule has 0 unspecified atom stereocenters. The molecule has 1 amide bonds. The average molecular weight is 307 g/mol. The minimum atomic E-state index is -0.489. The van der Waals surface area contributed by atoms with E-state index in [0.29, 0.717) is 23.7 Å². The van der Waals surface area contributed by atoms with E-state index in [1.54, 1.807) is 18.4 Å². The number of rotatable bonds is 6. The third kappa shape index (κ3) is 3.78. The van der Waals surface area contributed by atoms with Crippen LogP contribution in [-0.2, 0) is 6.42 Å². The third-order valence-corrected chi connectivity index (χ3v) is 3.54. The van der Waals surface area contributed by atoms with Gasteiger partial charge in [0.2, 0.25) is 0 Å². The number of nitrogens with zero attached hydrogens (tertiary/aromatic N) is 3. The van der Waals surface area contributed by atoms with Crippen molar-refractivity contribution >= 4 is 23.4 Å². The van der Waals surface area contributed by atoms with E-state index in [2.05, 4.69) is 20.5 Å². The van der Waals surface area contributed by atoms with Gasteiger partial charge in [-0.05, 0) is 18.4 Å². The van der Waals surface area contributed by atoms with Crippen LogP contribution >= 0.6 is 11.8 Å². The molecule has 8 nitrogen and oxygen atoms in total. The van der Waals surface area contributed by atoms with Crippen molar-refractivity contribution in [2.45, 2.75) is 11.3 Å². The summed E-state index contributed by atoms with van der Waals surface area (Å²) in [6, 6.07) is 4.44. The topological polar surface area (TPSA) is 114 Å². The number of nitrogens with one attached hydrogen (secondary N) is 2. The van der Waals surface area contributed by atoms with Gasteiger partial charge in [0.1, 0.15) is 12.2 Å². The van der Waals surface area contributed by atoms with Crippen LogP contribution in [0, 0.1) is 10.1 Å². The fraction of sp³-hybridized carbons (Fsp3) is 0.250. The Bertz CT molecular complexity index is 644. The first-order valence-electron chi connectivity index (χ1n) is 6.06. The Kier molecular flexibility index (Phi) is 4.88. The van der Waals surface area contributed by atoms with Crippen molar-refractivity contribution in [1.29, 1.82) is 0 Å². The van der Waals surface area contributed by atoms with Crippen LogP contribution in [0.5, 0.6) is 0 Å². The summed E-state index contributed by atoms with van der Waals surface area (Å²) in [6.07, 6.45) is 3.65. The Morgan fingerprint density at radius 2 is 2.33 bits per heavy atom. The van der Waals surface area contributed by atoms with E-state index in [-0.39, 0.29) is 17.2 Å². The highest BCUT2D eigenvalue weighted by molar-refractivity contribution is 7.98. The molecule has 0 aliphatic carbocycles. The van der Waals surface area contributed by atoms with E-state index >= 15 is 0 Å². The number of thioether (sulfide) groups is 1. The number of hydrogen-bond donors (Lipinski definition) is 2. The molecule has 9 heteroatoms. The van der Waals surface area contributed by atoms with E-state index in [4.69, 9.17) is 0 Å². The number of carbonyl (C=O) groups excluding carboxylic acids is 1. The number of nitro groups is 1. The van der Waals surface area contributed by atoms with Gasteiger partial charge in [0.25, 0.3) is 11.6 Å². The lowest BCUT2D eigenvalue weighted by Gasteiger charge is -2.05. The number of aromatic nitrogens is 3. The molecule has 1 aromatic carbocycles. The highest BCUT2D eigenvalue weighted by Gasteiger charge is 2.16. The highest BCUT2D eigenvalue weighted by Crippen LogP contribution is 2.28. The second kappa shape index (κ2) is 6.84. The Morgan fingerprint density at radius 1 is 1.52 bits per heavy atom. The summed E-state index contributed by atoms with van der Waals surface area (Å²) in [7, 11) is 0. The predicted molar refractivity (Wildman–Crippen MR) is 77.3 cm³/mol. The van der Waals surface area contributed by atoms with E-state index in [0.717, 1.165) is 0 Å². The first kappa shape index (κ1) is 15.0. The average Bonchev–Trinajstić information content (AvgIpc) is 2.99. The van der Waals surface area contributed by atoms with Crippen molar-refractivity contribution in [3.63, 3.8) is 0 Å². The van der Waals surface area contributed by atoms with Crippen molar-refractivity contribution in [2.24, 2.45) is 0 Å². The van der Waals surface area contributed by atoms with Crippen molar-refractivity contribution < 1.29 is 9.72 Å². The largest absolute Gasteiger partial charge is 0.352 e. The lowest BCUT2D eigenvalue weighted by atomic mass is 10.2. The monoisotopic (exact) mass is 307 g/mol. The number of carbonyl (C=O) groups is 1. The van der Waals surface area contributed by atoms with E-state index < -0.39 is 4.92 Å². The molecular formula is C12H13N5O3S. The van der Waals surface area contributed by atoms with Gasteiger partial charge in [-0.2, -0.15) is 5.10 Å². The molecule has 2 aromatic rings. The van der Waals surface area contributed by atoms with Crippen molar-refractivity contribution in [1.82, 2.24) is 20.5 Å². The molecule has 0 spiro atoms. The van der Waals surface area contributed by atoms with Gasteiger partial charge in [-0.25, -0.2) is 4.98 Å². The number of H-pyrrole nitrogens is 1. The van der Waals surface area contributed by atoms with Gasteiger partial charge in [0, 0.05) is 24.6 Å². The molecule has 0 radical (unpaired) electrons. The summed E-state index contributed by atoms with van der Waals surface area (Å²) in [5, 5.41) is 20.0. The molecule has 1 heterocycles. The van der Waals surface area contributed by atoms with E-state index in [1.165, 1.54) is 24.2 Å². The zero-order valence-electron chi connectivity index (χ0n) is 11.2. The maximum atomic E-state index is 12.0. The molecule has 0 saturated heterocycles. The minimum absolute atomic E-state index is 0.0645. The van der Waals surface area contributed by atoms with Crippen LogP contribution in [0.15, 0.2) is 29.4 Å². The summed E-state index contributed by atoms with van der Waals surface area (Å²) in [6.45, 7) is 0.367. The maximum Gasteiger partial charge on any atom is 0.283 e. The van der Waals surface area contributed by atoms with Crippen LogP contribution in [0.1, 0.15) is 16.2 Å². The fourth-order valence-electron chi connectivity index (χ4n) is 1.72. The zero-order valence-corrected chi connectivity index (χ0v) is 12.0. The molecule has 0 aliphatic rings. The van der Waals surface area contributed by atoms with Crippen molar-refractivity contribution in [3.05, 3.63) is 46.0 Å². The Hall–Kier alpha value is -2.42. The van der Waals surface area contributed by atoms with Gasteiger partial charge in [-0.1, -0.05) is 0 Å². The molecule has 2 N–H and O–H groups in total. The molecule has 110 valence electrons. The van der Waals surface area contributed by atoms with Crippen LogP contribution in [0.2, 0.25) is 0 Å². The lowest BCUT2D eigenvalue weighted by molar-refractivity contribution is -0.387. The molecule has 21 heavy (non-hydrogen) atoms. The van der Waals surface area contributed by atoms with Gasteiger partial charge in [0.05, 0.1) is 9.82 Å². The van der Waals surface area contributed by atoms with Gasteiger partial charge in [0.15, 0.2) is 0 Å². The summed E-state index contributed by atoms with van der Waals surface area (Å²) in [5.74, 6) is 0.310. The first-order valence-corrected chi connectivity index (χ1v) is 7.29. The van der Waals surface area contributed by atoms with Crippen molar-refractivity contribution in [2.75, 3.05) is 12.8 Å².